The lowest BCUT2D eigenvalue weighted by atomic mass is 9.97. The van der Waals surface area contributed by atoms with E-state index in [1.165, 1.54) is 24.3 Å². The molecule has 1 aliphatic rings. The Kier molecular flexibility index (Phi) is 6.78. The summed E-state index contributed by atoms with van der Waals surface area (Å²) >= 11 is 0. The third kappa shape index (κ3) is 5.76. The molecule has 0 radical (unpaired) electrons. The van der Waals surface area contributed by atoms with Crippen LogP contribution in [0.5, 0.6) is 0 Å². The molecule has 0 aliphatic carbocycles. The summed E-state index contributed by atoms with van der Waals surface area (Å²) in [4.78, 5) is 13.5. The molecule has 1 atom stereocenters. The van der Waals surface area contributed by atoms with E-state index in [4.69, 9.17) is 5.73 Å². The quantitative estimate of drug-likeness (QED) is 0.586. The fraction of sp³-hybridized carbons (Fsp3) is 0.562. The summed E-state index contributed by atoms with van der Waals surface area (Å²) in [6.07, 6.45) is 3.39. The number of benzene rings is 1. The predicted molar refractivity (Wildman–Crippen MR) is 97.7 cm³/mol. The SMILES string of the molecule is CS(=O)(=O)c1ccc(S(=O)(=O)NCCCN2CCCC(C(N)=O)C2)cc1. The Balaban J connectivity index is 1.84. The summed E-state index contributed by atoms with van der Waals surface area (Å²) in [5.74, 6) is -0.415. The van der Waals surface area contributed by atoms with Crippen LogP contribution >= 0.6 is 0 Å². The van der Waals surface area contributed by atoms with Gasteiger partial charge >= 0.3 is 0 Å². The van der Waals surface area contributed by atoms with Gasteiger partial charge in [-0.05, 0) is 56.6 Å². The molecule has 1 heterocycles. The molecule has 0 bridgehead atoms. The molecule has 1 aliphatic heterocycles. The van der Waals surface area contributed by atoms with Crippen LogP contribution in [0.3, 0.4) is 0 Å². The van der Waals surface area contributed by atoms with Crippen molar-refractivity contribution in [2.45, 2.75) is 29.1 Å². The van der Waals surface area contributed by atoms with Gasteiger partial charge in [0.2, 0.25) is 15.9 Å². The molecule has 0 saturated carbocycles. The first kappa shape index (κ1) is 20.8. The molecule has 0 spiro atoms. The van der Waals surface area contributed by atoms with Crippen LogP contribution in [0.2, 0.25) is 0 Å². The molecular formula is C16H25N3O5S2. The zero-order valence-electron chi connectivity index (χ0n) is 14.7. The number of primary amides is 1. The maximum atomic E-state index is 12.3. The van der Waals surface area contributed by atoms with Crippen molar-refractivity contribution in [3.8, 4) is 0 Å². The molecule has 3 N–H and O–H groups in total. The minimum Gasteiger partial charge on any atom is -0.369 e. The molecule has 10 heteroatoms. The van der Waals surface area contributed by atoms with Crippen LogP contribution in [-0.2, 0) is 24.7 Å². The number of sulfonamides is 1. The summed E-state index contributed by atoms with van der Waals surface area (Å²) in [7, 11) is -7.05. The maximum absolute atomic E-state index is 12.3. The second kappa shape index (κ2) is 8.47. The largest absolute Gasteiger partial charge is 0.369 e. The first-order chi connectivity index (χ1) is 12.1. The third-order valence-electron chi connectivity index (χ3n) is 4.41. The van der Waals surface area contributed by atoms with Crippen LogP contribution in [0, 0.1) is 5.92 Å². The van der Waals surface area contributed by atoms with Crippen molar-refractivity contribution in [2.24, 2.45) is 11.7 Å². The Hall–Kier alpha value is -1.49. The molecule has 1 unspecified atom stereocenters. The van der Waals surface area contributed by atoms with E-state index in [1.807, 2.05) is 0 Å². The number of carbonyl (C=O) groups excluding carboxylic acids is 1. The van der Waals surface area contributed by atoms with E-state index < -0.39 is 19.9 Å². The second-order valence-electron chi connectivity index (χ2n) is 6.54. The van der Waals surface area contributed by atoms with Crippen LogP contribution in [0.15, 0.2) is 34.1 Å². The maximum Gasteiger partial charge on any atom is 0.240 e. The Morgan fingerprint density at radius 1 is 1.19 bits per heavy atom. The second-order valence-corrected chi connectivity index (χ2v) is 10.3. The molecule has 2 rings (SSSR count). The number of rotatable bonds is 8. The van der Waals surface area contributed by atoms with Crippen molar-refractivity contribution in [3.63, 3.8) is 0 Å². The van der Waals surface area contributed by atoms with Gasteiger partial charge in [0, 0.05) is 19.3 Å². The van der Waals surface area contributed by atoms with Crippen LogP contribution in [0.4, 0.5) is 0 Å². The first-order valence-electron chi connectivity index (χ1n) is 8.41. The van der Waals surface area contributed by atoms with Gasteiger partial charge in [0.15, 0.2) is 9.84 Å². The highest BCUT2D eigenvalue weighted by Crippen LogP contribution is 2.16. The van der Waals surface area contributed by atoms with Gasteiger partial charge in [-0.3, -0.25) is 4.79 Å². The Morgan fingerprint density at radius 3 is 2.38 bits per heavy atom. The standard InChI is InChI=1S/C16H25N3O5S2/c1-25(21,22)14-5-7-15(8-6-14)26(23,24)18-9-3-11-19-10-2-4-13(12-19)16(17)20/h5-8,13,18H,2-4,9-12H2,1H3,(H2,17,20). The summed E-state index contributed by atoms with van der Waals surface area (Å²) in [5, 5.41) is 0. The Morgan fingerprint density at radius 2 is 1.81 bits per heavy atom. The molecule has 8 nitrogen and oxygen atoms in total. The van der Waals surface area contributed by atoms with Gasteiger partial charge in [0.05, 0.1) is 15.7 Å². The lowest BCUT2D eigenvalue weighted by molar-refractivity contribution is -0.123. The minimum absolute atomic E-state index is 0.0247. The van der Waals surface area contributed by atoms with E-state index in [0.717, 1.165) is 25.6 Å². The van der Waals surface area contributed by atoms with Crippen molar-refractivity contribution in [1.29, 1.82) is 0 Å². The molecule has 1 fully saturated rings. The summed E-state index contributed by atoms with van der Waals surface area (Å²) < 4.78 is 49.9. The van der Waals surface area contributed by atoms with Crippen molar-refractivity contribution < 1.29 is 21.6 Å². The summed E-state index contributed by atoms with van der Waals surface area (Å²) in [6, 6.07) is 5.12. The van der Waals surface area contributed by atoms with Gasteiger partial charge in [-0.25, -0.2) is 21.6 Å². The number of hydrogen-bond donors (Lipinski definition) is 2. The number of carbonyl (C=O) groups is 1. The molecule has 146 valence electrons. The van der Waals surface area contributed by atoms with Crippen molar-refractivity contribution in [3.05, 3.63) is 24.3 Å². The zero-order chi connectivity index (χ0) is 19.4. The van der Waals surface area contributed by atoms with E-state index in [-0.39, 0.29) is 28.2 Å². The first-order valence-corrected chi connectivity index (χ1v) is 11.8. The minimum atomic E-state index is -3.69. The lowest BCUT2D eigenvalue weighted by Crippen LogP contribution is -2.42. The monoisotopic (exact) mass is 403 g/mol. The van der Waals surface area contributed by atoms with Gasteiger partial charge in [-0.2, -0.15) is 0 Å². The molecular weight excluding hydrogens is 378 g/mol. The smallest absolute Gasteiger partial charge is 0.240 e. The zero-order valence-corrected chi connectivity index (χ0v) is 16.4. The number of nitrogens with two attached hydrogens (primary N) is 1. The molecule has 1 amide bonds. The van der Waals surface area contributed by atoms with Crippen LogP contribution in [-0.4, -0.2) is 60.1 Å². The van der Waals surface area contributed by atoms with E-state index in [9.17, 15) is 21.6 Å². The van der Waals surface area contributed by atoms with Gasteiger partial charge in [-0.1, -0.05) is 0 Å². The summed E-state index contributed by atoms with van der Waals surface area (Å²) in [5.41, 5.74) is 5.35. The number of likely N-dealkylation sites (tertiary alicyclic amines) is 1. The Bertz CT molecular complexity index is 835. The summed E-state index contributed by atoms with van der Waals surface area (Å²) in [6.45, 7) is 2.44. The topological polar surface area (TPSA) is 127 Å². The fourth-order valence-corrected chi connectivity index (χ4v) is 4.65. The highest BCUT2D eigenvalue weighted by Gasteiger charge is 2.23. The van der Waals surface area contributed by atoms with E-state index in [1.54, 1.807) is 0 Å². The van der Waals surface area contributed by atoms with Gasteiger partial charge in [0.1, 0.15) is 0 Å². The fourth-order valence-electron chi connectivity index (χ4n) is 2.95. The highest BCUT2D eigenvalue weighted by atomic mass is 32.2. The predicted octanol–water partition coefficient (Wildman–Crippen LogP) is -0.0442. The van der Waals surface area contributed by atoms with Gasteiger partial charge < -0.3 is 10.6 Å². The Labute approximate surface area is 154 Å². The number of piperidine rings is 1. The van der Waals surface area contributed by atoms with Crippen molar-refractivity contribution in [1.82, 2.24) is 9.62 Å². The highest BCUT2D eigenvalue weighted by molar-refractivity contribution is 7.90. The van der Waals surface area contributed by atoms with Crippen molar-refractivity contribution >= 4 is 25.8 Å². The third-order valence-corrected chi connectivity index (χ3v) is 7.02. The van der Waals surface area contributed by atoms with Crippen LogP contribution in [0.25, 0.3) is 0 Å². The molecule has 1 aromatic carbocycles. The van der Waals surface area contributed by atoms with Crippen LogP contribution in [0.1, 0.15) is 19.3 Å². The van der Waals surface area contributed by atoms with E-state index in [0.29, 0.717) is 19.5 Å². The average molecular weight is 404 g/mol. The number of nitrogens with zero attached hydrogens (tertiary/aromatic N) is 1. The van der Waals surface area contributed by atoms with E-state index in [2.05, 4.69) is 9.62 Å². The number of amides is 1. The van der Waals surface area contributed by atoms with Gasteiger partial charge in [-0.15, -0.1) is 0 Å². The van der Waals surface area contributed by atoms with Crippen LogP contribution < -0.4 is 10.5 Å². The van der Waals surface area contributed by atoms with Gasteiger partial charge in [0.25, 0.3) is 0 Å². The van der Waals surface area contributed by atoms with E-state index >= 15 is 0 Å². The average Bonchev–Trinajstić information content (AvgIpc) is 2.58. The number of sulfone groups is 1. The molecule has 0 aromatic heterocycles. The number of hydrogen-bond acceptors (Lipinski definition) is 6. The number of nitrogens with one attached hydrogen (secondary N) is 1. The lowest BCUT2D eigenvalue weighted by Gasteiger charge is -2.31. The molecule has 1 saturated heterocycles. The van der Waals surface area contributed by atoms with Crippen molar-refractivity contribution in [2.75, 3.05) is 32.4 Å². The molecule has 1 aromatic rings. The normalized spacial score (nSPS) is 19.3. The molecule has 26 heavy (non-hydrogen) atoms.